The molecule has 0 aliphatic heterocycles. The summed E-state index contributed by atoms with van der Waals surface area (Å²) in [6, 6.07) is 0. The summed E-state index contributed by atoms with van der Waals surface area (Å²) in [7, 11) is 0. The van der Waals surface area contributed by atoms with Crippen molar-refractivity contribution in [2.45, 2.75) is 16.4 Å². The van der Waals surface area contributed by atoms with E-state index in [1.54, 1.807) is 0 Å². The van der Waals surface area contributed by atoms with Gasteiger partial charge in [0.25, 0.3) is 0 Å². The number of aliphatic hydroxyl groups excluding tert-OH is 1. The second-order valence-corrected chi connectivity index (χ2v) is 7.40. The van der Waals surface area contributed by atoms with Crippen molar-refractivity contribution in [3.05, 3.63) is 0 Å². The van der Waals surface area contributed by atoms with Crippen molar-refractivity contribution in [2.75, 3.05) is 0 Å². The van der Waals surface area contributed by atoms with E-state index >= 15 is 0 Å². The van der Waals surface area contributed by atoms with Crippen molar-refractivity contribution in [2.24, 2.45) is 47.3 Å². The van der Waals surface area contributed by atoms with Gasteiger partial charge in [0.2, 0.25) is 0 Å². The summed E-state index contributed by atoms with van der Waals surface area (Å²) in [5.74, 6) is 7.48. The molecular formula is C11H13IO. The van der Waals surface area contributed by atoms with Gasteiger partial charge in [-0.3, -0.25) is 0 Å². The second-order valence-electron chi connectivity index (χ2n) is 5.96. The molecule has 0 aromatic heterocycles. The number of alkyl halides is 1. The summed E-state index contributed by atoms with van der Waals surface area (Å²) in [5.41, 5.74) is 0. The summed E-state index contributed by atoms with van der Waals surface area (Å²) < 4.78 is 0.940. The van der Waals surface area contributed by atoms with Gasteiger partial charge in [-0.15, -0.1) is 0 Å². The Morgan fingerprint density at radius 1 is 0.846 bits per heavy atom. The fourth-order valence-corrected chi connectivity index (χ4v) is 8.49. The maximum Gasteiger partial charge on any atom is 0.0608 e. The highest BCUT2D eigenvalue weighted by Crippen LogP contribution is 2.83. The zero-order valence-corrected chi connectivity index (χ0v) is 9.46. The molecule has 2 heteroatoms. The number of aliphatic hydroxyl groups is 1. The normalized spacial score (nSPS) is 85.4. The molecule has 0 spiro atoms. The van der Waals surface area contributed by atoms with E-state index in [9.17, 15) is 5.11 Å². The number of halogens is 1. The lowest BCUT2D eigenvalue weighted by Gasteiger charge is -2.33. The molecule has 6 saturated carbocycles. The molecular weight excluding hydrogens is 275 g/mol. The first-order valence-electron chi connectivity index (χ1n) is 5.63. The van der Waals surface area contributed by atoms with Crippen LogP contribution in [0, 0.1) is 47.3 Å². The maximum atomic E-state index is 10.2. The second kappa shape index (κ2) is 1.73. The highest BCUT2D eigenvalue weighted by Gasteiger charge is 2.82. The van der Waals surface area contributed by atoms with E-state index in [2.05, 4.69) is 22.6 Å². The zero-order valence-electron chi connectivity index (χ0n) is 7.31. The van der Waals surface area contributed by atoms with Gasteiger partial charge in [-0.05, 0) is 53.8 Å². The number of hydrogen-bond acceptors (Lipinski definition) is 1. The van der Waals surface area contributed by atoms with E-state index in [0.29, 0.717) is 0 Å². The molecule has 6 rings (SSSR count). The zero-order chi connectivity index (χ0) is 8.48. The summed E-state index contributed by atoms with van der Waals surface area (Å²) in [6.07, 6.45) is 1.62. The van der Waals surface area contributed by atoms with Crippen LogP contribution in [-0.4, -0.2) is 15.1 Å². The van der Waals surface area contributed by atoms with Gasteiger partial charge in [0.1, 0.15) is 0 Å². The average molecular weight is 288 g/mol. The first-order chi connectivity index (χ1) is 6.30. The number of rotatable bonds is 0. The summed E-state index contributed by atoms with van der Waals surface area (Å²) >= 11 is 2.70. The van der Waals surface area contributed by atoms with Crippen LogP contribution in [0.2, 0.25) is 0 Å². The minimum atomic E-state index is 0.125. The van der Waals surface area contributed by atoms with Gasteiger partial charge in [-0.2, -0.15) is 0 Å². The molecule has 6 bridgehead atoms. The van der Waals surface area contributed by atoms with Crippen molar-refractivity contribution in [3.63, 3.8) is 0 Å². The Hall–Kier alpha value is 0.690. The van der Waals surface area contributed by atoms with Crippen LogP contribution in [0.5, 0.6) is 0 Å². The molecule has 0 heterocycles. The lowest BCUT2D eigenvalue weighted by Crippen LogP contribution is -2.30. The van der Waals surface area contributed by atoms with E-state index in [4.69, 9.17) is 0 Å². The van der Waals surface area contributed by atoms with Gasteiger partial charge in [0, 0.05) is 3.92 Å². The molecule has 10 atom stereocenters. The lowest BCUT2D eigenvalue weighted by molar-refractivity contribution is 0.116. The van der Waals surface area contributed by atoms with E-state index in [0.717, 1.165) is 51.3 Å². The average Bonchev–Trinajstić information content (AvgIpc) is 2.78. The Morgan fingerprint density at radius 2 is 1.54 bits per heavy atom. The van der Waals surface area contributed by atoms with Crippen LogP contribution in [0.1, 0.15) is 6.42 Å². The van der Waals surface area contributed by atoms with Gasteiger partial charge >= 0.3 is 0 Å². The third kappa shape index (κ3) is 0.451. The molecule has 1 N–H and O–H groups in total. The molecule has 1 nitrogen and oxygen atoms in total. The van der Waals surface area contributed by atoms with Crippen molar-refractivity contribution in [1.82, 2.24) is 0 Å². The Labute approximate surface area is 91.4 Å². The molecule has 0 unspecified atom stereocenters. The lowest BCUT2D eigenvalue weighted by atomic mass is 9.71. The Bertz CT molecular complexity index is 283. The van der Waals surface area contributed by atoms with Crippen molar-refractivity contribution < 1.29 is 5.11 Å². The quantitative estimate of drug-likeness (QED) is 0.529. The van der Waals surface area contributed by atoms with Gasteiger partial charge in [-0.25, -0.2) is 0 Å². The number of hydrogen-bond donors (Lipinski definition) is 1. The van der Waals surface area contributed by atoms with Gasteiger partial charge in [0.15, 0.2) is 0 Å². The van der Waals surface area contributed by atoms with Gasteiger partial charge in [-0.1, -0.05) is 22.6 Å². The fraction of sp³-hybridized carbons (Fsp3) is 1.00. The largest absolute Gasteiger partial charge is 0.393 e. The van der Waals surface area contributed by atoms with Crippen LogP contribution < -0.4 is 0 Å². The molecule has 0 radical (unpaired) electrons. The predicted molar refractivity (Wildman–Crippen MR) is 56.4 cm³/mol. The summed E-state index contributed by atoms with van der Waals surface area (Å²) in [4.78, 5) is 0. The van der Waals surface area contributed by atoms with E-state index < -0.39 is 0 Å². The highest BCUT2D eigenvalue weighted by atomic mass is 127. The molecule has 0 aromatic rings. The minimum Gasteiger partial charge on any atom is -0.393 e. The van der Waals surface area contributed by atoms with Crippen molar-refractivity contribution >= 4 is 22.6 Å². The smallest absolute Gasteiger partial charge is 0.0608 e. The summed E-state index contributed by atoms with van der Waals surface area (Å²) in [5, 5.41) is 10.2. The molecule has 0 amide bonds. The SMILES string of the molecule is O[C@@H]1[C@@H]2[C@@H]3[C@H](I)[C@H]4[C@H]5C[C@H]([C@H]24)[C@@H]1[C@H]53. The molecule has 6 aliphatic carbocycles. The topological polar surface area (TPSA) is 20.2 Å². The van der Waals surface area contributed by atoms with Crippen LogP contribution >= 0.6 is 22.6 Å². The molecule has 13 heavy (non-hydrogen) atoms. The maximum absolute atomic E-state index is 10.2. The Balaban J connectivity index is 1.86. The molecule has 0 saturated heterocycles. The van der Waals surface area contributed by atoms with Gasteiger partial charge < -0.3 is 5.11 Å². The molecule has 70 valence electrons. The van der Waals surface area contributed by atoms with E-state index in [-0.39, 0.29) is 6.10 Å². The summed E-state index contributed by atoms with van der Waals surface area (Å²) in [6.45, 7) is 0. The van der Waals surface area contributed by atoms with Crippen molar-refractivity contribution in [1.29, 1.82) is 0 Å². The highest BCUT2D eigenvalue weighted by molar-refractivity contribution is 14.1. The van der Waals surface area contributed by atoms with Crippen LogP contribution in [0.15, 0.2) is 0 Å². The monoisotopic (exact) mass is 288 g/mol. The fourth-order valence-electron chi connectivity index (χ4n) is 6.52. The third-order valence-electron chi connectivity index (χ3n) is 6.27. The first kappa shape index (κ1) is 7.04. The Morgan fingerprint density at radius 3 is 2.31 bits per heavy atom. The van der Waals surface area contributed by atoms with Crippen molar-refractivity contribution in [3.8, 4) is 0 Å². The third-order valence-corrected chi connectivity index (χ3v) is 7.93. The minimum absolute atomic E-state index is 0.125. The standard InChI is InChI=1S/C11H13IO/c12-10-6-2-1-3-4(6)9-8(10)5(2)7(3)11(9)13/h2-11,13H,1H2/t2-,3+,4-,5-,6-,7+,8+,9-,10+,11-/m0/s1. The molecule has 6 aliphatic rings. The van der Waals surface area contributed by atoms with E-state index in [1.165, 1.54) is 6.42 Å². The van der Waals surface area contributed by atoms with Gasteiger partial charge in [0.05, 0.1) is 6.10 Å². The van der Waals surface area contributed by atoms with Crippen LogP contribution in [0.25, 0.3) is 0 Å². The first-order valence-corrected chi connectivity index (χ1v) is 6.87. The van der Waals surface area contributed by atoms with Crippen LogP contribution in [0.3, 0.4) is 0 Å². The van der Waals surface area contributed by atoms with E-state index in [1.807, 2.05) is 0 Å². The van der Waals surface area contributed by atoms with Crippen LogP contribution in [0.4, 0.5) is 0 Å². The Kier molecular flexibility index (Phi) is 0.936. The molecule has 6 fully saturated rings. The van der Waals surface area contributed by atoms with Crippen LogP contribution in [-0.2, 0) is 0 Å². The molecule has 0 aromatic carbocycles. The predicted octanol–water partition coefficient (Wildman–Crippen LogP) is 1.54.